The third-order valence-electron chi connectivity index (χ3n) is 2.62. The fourth-order valence-electron chi connectivity index (χ4n) is 1.55. The van der Waals surface area contributed by atoms with Crippen LogP contribution in [0.1, 0.15) is 16.8 Å². The van der Waals surface area contributed by atoms with E-state index in [4.69, 9.17) is 22.1 Å². The number of nitrogens with zero attached hydrogens (tertiary/aromatic N) is 2. The minimum absolute atomic E-state index is 0.315. The molecule has 0 aliphatic rings. The van der Waals surface area contributed by atoms with E-state index in [2.05, 4.69) is 9.97 Å². The highest BCUT2D eigenvalue weighted by molar-refractivity contribution is 6.30. The van der Waals surface area contributed by atoms with Crippen molar-refractivity contribution in [2.24, 2.45) is 5.73 Å². The highest BCUT2D eigenvalue weighted by Gasteiger charge is 2.06. The second-order valence-corrected chi connectivity index (χ2v) is 4.42. The number of rotatable bonds is 3. The van der Waals surface area contributed by atoms with Gasteiger partial charge in [0.2, 0.25) is 0 Å². The van der Waals surface area contributed by atoms with Crippen molar-refractivity contribution in [2.45, 2.75) is 20.4 Å². The van der Waals surface area contributed by atoms with Crippen LogP contribution >= 0.6 is 11.6 Å². The molecule has 0 aliphatic carbocycles. The Balaban J connectivity index is 2.26. The molecule has 0 bridgehead atoms. The van der Waals surface area contributed by atoms with E-state index in [0.717, 1.165) is 16.8 Å². The fourth-order valence-corrected chi connectivity index (χ4v) is 1.77. The topological polar surface area (TPSA) is 61.0 Å². The summed E-state index contributed by atoms with van der Waals surface area (Å²) in [6, 6.07) is 5.71. The third-order valence-corrected chi connectivity index (χ3v) is 2.85. The Labute approximate surface area is 111 Å². The van der Waals surface area contributed by atoms with Crippen molar-refractivity contribution >= 4 is 11.6 Å². The van der Waals surface area contributed by atoms with E-state index < -0.39 is 0 Å². The molecular formula is C13H14ClN3O. The predicted molar refractivity (Wildman–Crippen MR) is 70.9 cm³/mol. The lowest BCUT2D eigenvalue weighted by atomic mass is 10.2. The number of benzene rings is 1. The van der Waals surface area contributed by atoms with Crippen molar-refractivity contribution in [3.63, 3.8) is 0 Å². The average molecular weight is 264 g/mol. The van der Waals surface area contributed by atoms with Crippen LogP contribution in [0.3, 0.4) is 0 Å². The molecule has 0 amide bonds. The van der Waals surface area contributed by atoms with Crippen molar-refractivity contribution in [2.75, 3.05) is 0 Å². The highest BCUT2D eigenvalue weighted by Crippen LogP contribution is 2.25. The van der Waals surface area contributed by atoms with Gasteiger partial charge in [-0.3, -0.25) is 0 Å². The molecule has 0 saturated heterocycles. The number of hydrogen-bond acceptors (Lipinski definition) is 4. The maximum atomic E-state index is 5.88. The molecule has 1 aromatic carbocycles. The van der Waals surface area contributed by atoms with Crippen molar-refractivity contribution in [3.8, 4) is 11.8 Å². The molecule has 0 unspecified atom stereocenters. The zero-order chi connectivity index (χ0) is 13.1. The van der Waals surface area contributed by atoms with Gasteiger partial charge in [-0.05, 0) is 37.6 Å². The van der Waals surface area contributed by atoms with E-state index >= 15 is 0 Å². The largest absolute Gasteiger partial charge is 0.424 e. The van der Waals surface area contributed by atoms with Crippen LogP contribution in [-0.2, 0) is 6.54 Å². The van der Waals surface area contributed by atoms with Gasteiger partial charge in [-0.1, -0.05) is 11.6 Å². The monoisotopic (exact) mass is 263 g/mol. The Morgan fingerprint density at radius 2 is 2.11 bits per heavy atom. The van der Waals surface area contributed by atoms with Gasteiger partial charge in [0.25, 0.3) is 0 Å². The molecule has 0 spiro atoms. The quantitative estimate of drug-likeness (QED) is 0.925. The minimum atomic E-state index is 0.315. The Morgan fingerprint density at radius 3 is 2.72 bits per heavy atom. The van der Waals surface area contributed by atoms with Gasteiger partial charge in [-0.25, -0.2) is 4.98 Å². The summed E-state index contributed by atoms with van der Waals surface area (Å²) in [6.07, 6.45) is 1.68. The van der Waals surface area contributed by atoms with Crippen molar-refractivity contribution < 1.29 is 4.74 Å². The second kappa shape index (κ2) is 5.33. The zero-order valence-corrected chi connectivity index (χ0v) is 11.0. The second-order valence-electron chi connectivity index (χ2n) is 3.98. The van der Waals surface area contributed by atoms with Gasteiger partial charge in [0.1, 0.15) is 5.75 Å². The highest BCUT2D eigenvalue weighted by atomic mass is 35.5. The van der Waals surface area contributed by atoms with Crippen LogP contribution in [-0.4, -0.2) is 9.97 Å². The van der Waals surface area contributed by atoms with Crippen molar-refractivity contribution in [1.82, 2.24) is 9.97 Å². The lowest BCUT2D eigenvalue weighted by Crippen LogP contribution is -2.03. The summed E-state index contributed by atoms with van der Waals surface area (Å²) >= 11 is 5.88. The van der Waals surface area contributed by atoms with Crippen LogP contribution in [0.5, 0.6) is 11.8 Å². The first-order chi connectivity index (χ1) is 8.60. The summed E-state index contributed by atoms with van der Waals surface area (Å²) < 4.78 is 5.62. The zero-order valence-electron chi connectivity index (χ0n) is 10.3. The maximum Gasteiger partial charge on any atom is 0.322 e. The molecule has 2 aromatic rings. The normalized spacial score (nSPS) is 10.4. The third kappa shape index (κ3) is 2.78. The Morgan fingerprint density at radius 1 is 1.33 bits per heavy atom. The summed E-state index contributed by atoms with van der Waals surface area (Å²) in [5.41, 5.74) is 8.24. The van der Waals surface area contributed by atoms with Gasteiger partial charge in [0.15, 0.2) is 0 Å². The van der Waals surface area contributed by atoms with Crippen LogP contribution in [0.2, 0.25) is 5.02 Å². The summed E-state index contributed by atoms with van der Waals surface area (Å²) in [4.78, 5) is 8.38. The Hall–Kier alpha value is -1.65. The number of ether oxygens (including phenoxy) is 1. The van der Waals surface area contributed by atoms with E-state index in [1.807, 2.05) is 19.9 Å². The molecule has 0 fully saturated rings. The van der Waals surface area contributed by atoms with Crippen molar-refractivity contribution in [1.29, 1.82) is 0 Å². The number of aromatic nitrogens is 2. The molecule has 0 aliphatic heterocycles. The van der Waals surface area contributed by atoms with E-state index in [0.29, 0.717) is 23.3 Å². The van der Waals surface area contributed by atoms with Crippen LogP contribution in [0.15, 0.2) is 24.4 Å². The predicted octanol–water partition coefficient (Wildman–Crippen LogP) is 3.00. The lowest BCUT2D eigenvalue weighted by Gasteiger charge is -2.08. The van der Waals surface area contributed by atoms with Gasteiger partial charge < -0.3 is 10.5 Å². The Kier molecular flexibility index (Phi) is 3.79. The first kappa shape index (κ1) is 12.8. The van der Waals surface area contributed by atoms with Crippen LogP contribution in [0.4, 0.5) is 0 Å². The van der Waals surface area contributed by atoms with Crippen LogP contribution in [0.25, 0.3) is 0 Å². The summed E-state index contributed by atoms with van der Waals surface area (Å²) in [5.74, 6) is 0.694. The number of halogens is 1. The smallest absolute Gasteiger partial charge is 0.322 e. The molecule has 4 nitrogen and oxygen atoms in total. The van der Waals surface area contributed by atoms with Gasteiger partial charge >= 0.3 is 6.01 Å². The first-order valence-electron chi connectivity index (χ1n) is 5.56. The molecule has 0 atom stereocenters. The van der Waals surface area contributed by atoms with Gasteiger partial charge in [0, 0.05) is 29.0 Å². The summed E-state index contributed by atoms with van der Waals surface area (Å²) in [5, 5.41) is 0.676. The first-order valence-corrected chi connectivity index (χ1v) is 5.94. The standard InChI is InChI=1S/C13H14ClN3O/c1-8-5-11(14)3-4-12(8)18-13-16-7-10(6-15)9(2)17-13/h3-5,7H,6,15H2,1-2H3. The molecule has 18 heavy (non-hydrogen) atoms. The lowest BCUT2D eigenvalue weighted by molar-refractivity contribution is 0.436. The molecule has 2 rings (SSSR count). The van der Waals surface area contributed by atoms with E-state index in [1.54, 1.807) is 18.3 Å². The van der Waals surface area contributed by atoms with Gasteiger partial charge in [-0.2, -0.15) is 4.98 Å². The summed E-state index contributed by atoms with van der Waals surface area (Å²) in [6.45, 7) is 4.22. The van der Waals surface area contributed by atoms with Crippen LogP contribution < -0.4 is 10.5 Å². The molecule has 94 valence electrons. The average Bonchev–Trinajstić information content (AvgIpc) is 2.33. The SMILES string of the molecule is Cc1cc(Cl)ccc1Oc1ncc(CN)c(C)n1. The molecule has 1 aromatic heterocycles. The fraction of sp³-hybridized carbons (Fsp3) is 0.231. The maximum absolute atomic E-state index is 5.88. The van der Waals surface area contributed by atoms with Crippen molar-refractivity contribution in [3.05, 3.63) is 46.2 Å². The molecule has 0 saturated carbocycles. The van der Waals surface area contributed by atoms with E-state index in [1.165, 1.54) is 0 Å². The number of hydrogen-bond donors (Lipinski definition) is 1. The molecule has 1 heterocycles. The number of nitrogens with two attached hydrogens (primary N) is 1. The minimum Gasteiger partial charge on any atom is -0.424 e. The van der Waals surface area contributed by atoms with E-state index in [9.17, 15) is 0 Å². The number of aryl methyl sites for hydroxylation is 2. The molecule has 5 heteroatoms. The molecule has 0 radical (unpaired) electrons. The van der Waals surface area contributed by atoms with Crippen LogP contribution in [0, 0.1) is 13.8 Å². The van der Waals surface area contributed by atoms with E-state index in [-0.39, 0.29) is 0 Å². The molecular weight excluding hydrogens is 250 g/mol. The molecule has 2 N–H and O–H groups in total. The van der Waals surface area contributed by atoms with Gasteiger partial charge in [0.05, 0.1) is 0 Å². The summed E-state index contributed by atoms with van der Waals surface area (Å²) in [7, 11) is 0. The van der Waals surface area contributed by atoms with Gasteiger partial charge in [-0.15, -0.1) is 0 Å². The Bertz CT molecular complexity index is 572.